The van der Waals surface area contributed by atoms with Crippen LogP contribution in [0.2, 0.25) is 5.02 Å². The summed E-state index contributed by atoms with van der Waals surface area (Å²) in [5.74, 6) is 0.921. The van der Waals surface area contributed by atoms with Crippen molar-refractivity contribution in [2.45, 2.75) is 11.4 Å². The molecule has 1 aromatic carbocycles. The van der Waals surface area contributed by atoms with Gasteiger partial charge in [0.15, 0.2) is 0 Å². The van der Waals surface area contributed by atoms with Crippen molar-refractivity contribution in [3.05, 3.63) is 41.9 Å². The molecule has 0 spiro atoms. The van der Waals surface area contributed by atoms with Gasteiger partial charge in [0.2, 0.25) is 0 Å². The molecule has 0 unspecified atom stereocenters. The summed E-state index contributed by atoms with van der Waals surface area (Å²) in [5, 5.41) is 0.718. The van der Waals surface area contributed by atoms with Crippen LogP contribution in [0.5, 0.6) is 0 Å². The molecular formula is C11H12ClN3S. The zero-order valence-electron chi connectivity index (χ0n) is 8.64. The van der Waals surface area contributed by atoms with Crippen LogP contribution in [0.3, 0.4) is 0 Å². The Bertz CT molecular complexity index is 436. The van der Waals surface area contributed by atoms with Crippen molar-refractivity contribution in [3.8, 4) is 0 Å². The molecule has 2 rings (SSSR count). The van der Waals surface area contributed by atoms with Crippen LogP contribution in [0.4, 0.5) is 5.69 Å². The fraction of sp³-hybridized carbons (Fsp3) is 0.182. The molecule has 0 bridgehead atoms. The third-order valence-electron chi connectivity index (χ3n) is 2.15. The fourth-order valence-corrected chi connectivity index (χ4v) is 2.64. The molecule has 1 heterocycles. The number of hydrogen-bond donors (Lipinski definition) is 1. The number of aryl methyl sites for hydroxylation is 1. The average molecular weight is 254 g/mol. The number of anilines is 1. The summed E-state index contributed by atoms with van der Waals surface area (Å²) in [6.45, 7) is 0.898. The minimum Gasteiger partial charge on any atom is -0.398 e. The second-order valence-corrected chi connectivity index (χ2v) is 4.82. The summed E-state index contributed by atoms with van der Waals surface area (Å²) < 4.78 is 2.03. The molecule has 84 valence electrons. The summed E-state index contributed by atoms with van der Waals surface area (Å²) in [6, 6.07) is 5.58. The second-order valence-electron chi connectivity index (χ2n) is 3.31. The van der Waals surface area contributed by atoms with Crippen molar-refractivity contribution in [2.24, 2.45) is 0 Å². The molecule has 0 amide bonds. The van der Waals surface area contributed by atoms with Gasteiger partial charge < -0.3 is 10.3 Å². The molecule has 0 saturated carbocycles. The monoisotopic (exact) mass is 253 g/mol. The van der Waals surface area contributed by atoms with Gasteiger partial charge in [0, 0.05) is 35.3 Å². The molecule has 2 aromatic rings. The molecule has 0 saturated heterocycles. The lowest BCUT2D eigenvalue weighted by molar-refractivity contribution is 0.770. The van der Waals surface area contributed by atoms with Crippen molar-refractivity contribution >= 4 is 29.1 Å². The maximum absolute atomic E-state index is 6.07. The van der Waals surface area contributed by atoms with Gasteiger partial charge in [-0.1, -0.05) is 17.7 Å². The van der Waals surface area contributed by atoms with E-state index in [0.717, 1.165) is 27.9 Å². The number of benzene rings is 1. The first-order valence-electron chi connectivity index (χ1n) is 4.90. The van der Waals surface area contributed by atoms with E-state index in [-0.39, 0.29) is 0 Å². The Balaban J connectivity index is 1.95. The Morgan fingerprint density at radius 1 is 1.44 bits per heavy atom. The van der Waals surface area contributed by atoms with Crippen LogP contribution in [-0.2, 0) is 6.54 Å². The normalized spacial score (nSPS) is 10.6. The van der Waals surface area contributed by atoms with Crippen molar-refractivity contribution in [1.29, 1.82) is 0 Å². The summed E-state index contributed by atoms with van der Waals surface area (Å²) in [4.78, 5) is 4.95. The van der Waals surface area contributed by atoms with Crippen LogP contribution < -0.4 is 5.73 Å². The highest BCUT2D eigenvalue weighted by Gasteiger charge is 2.04. The molecule has 0 atom stereocenters. The van der Waals surface area contributed by atoms with Crippen LogP contribution >= 0.6 is 23.4 Å². The first-order valence-corrected chi connectivity index (χ1v) is 6.26. The predicted molar refractivity (Wildman–Crippen MR) is 68.8 cm³/mol. The molecule has 0 aliphatic carbocycles. The maximum Gasteiger partial charge on any atom is 0.0946 e. The topological polar surface area (TPSA) is 43.8 Å². The van der Waals surface area contributed by atoms with Gasteiger partial charge >= 0.3 is 0 Å². The van der Waals surface area contributed by atoms with Crippen molar-refractivity contribution in [2.75, 3.05) is 11.5 Å². The van der Waals surface area contributed by atoms with Gasteiger partial charge in [-0.15, -0.1) is 11.8 Å². The third-order valence-corrected chi connectivity index (χ3v) is 3.71. The van der Waals surface area contributed by atoms with Crippen LogP contribution in [0.25, 0.3) is 0 Å². The Morgan fingerprint density at radius 2 is 2.31 bits per heavy atom. The van der Waals surface area contributed by atoms with Gasteiger partial charge in [0.1, 0.15) is 0 Å². The van der Waals surface area contributed by atoms with E-state index in [4.69, 9.17) is 17.3 Å². The van der Waals surface area contributed by atoms with Gasteiger partial charge in [-0.2, -0.15) is 0 Å². The highest BCUT2D eigenvalue weighted by Crippen LogP contribution is 2.32. The van der Waals surface area contributed by atoms with Gasteiger partial charge in [-0.25, -0.2) is 4.98 Å². The van der Waals surface area contributed by atoms with E-state index in [1.165, 1.54) is 0 Å². The van der Waals surface area contributed by atoms with Crippen LogP contribution in [0, 0.1) is 0 Å². The van der Waals surface area contributed by atoms with Gasteiger partial charge in [-0.3, -0.25) is 0 Å². The minimum absolute atomic E-state index is 0.718. The molecule has 0 aliphatic rings. The molecule has 0 aliphatic heterocycles. The fourth-order valence-electron chi connectivity index (χ4n) is 1.35. The number of thioether (sulfide) groups is 1. The summed E-state index contributed by atoms with van der Waals surface area (Å²) in [7, 11) is 0. The molecule has 2 N–H and O–H groups in total. The maximum atomic E-state index is 6.07. The molecule has 3 nitrogen and oxygen atoms in total. The number of nitrogens with two attached hydrogens (primary N) is 1. The lowest BCUT2D eigenvalue weighted by atomic mass is 10.3. The lowest BCUT2D eigenvalue weighted by Gasteiger charge is -2.07. The first kappa shape index (κ1) is 11.4. The SMILES string of the molecule is Nc1cccc(Cl)c1SCCn1ccnc1. The summed E-state index contributed by atoms with van der Waals surface area (Å²) in [5.41, 5.74) is 6.60. The predicted octanol–water partition coefficient (Wildman–Crippen LogP) is 2.91. The highest BCUT2D eigenvalue weighted by molar-refractivity contribution is 7.99. The number of hydrogen-bond acceptors (Lipinski definition) is 3. The average Bonchev–Trinajstić information content (AvgIpc) is 2.75. The molecular weight excluding hydrogens is 242 g/mol. The number of rotatable bonds is 4. The highest BCUT2D eigenvalue weighted by atomic mass is 35.5. The van der Waals surface area contributed by atoms with E-state index >= 15 is 0 Å². The number of imidazole rings is 1. The zero-order chi connectivity index (χ0) is 11.4. The number of halogens is 1. The quantitative estimate of drug-likeness (QED) is 0.673. The Hall–Kier alpha value is -1.13. The van der Waals surface area contributed by atoms with Gasteiger partial charge in [-0.05, 0) is 12.1 Å². The molecule has 0 fully saturated rings. The number of nitrogen functional groups attached to an aromatic ring is 1. The summed E-state index contributed by atoms with van der Waals surface area (Å²) in [6.07, 6.45) is 5.52. The van der Waals surface area contributed by atoms with E-state index in [9.17, 15) is 0 Å². The third kappa shape index (κ3) is 2.71. The molecule has 16 heavy (non-hydrogen) atoms. The van der Waals surface area contributed by atoms with E-state index in [1.54, 1.807) is 24.3 Å². The van der Waals surface area contributed by atoms with E-state index in [2.05, 4.69) is 4.98 Å². The van der Waals surface area contributed by atoms with Crippen LogP contribution in [0.15, 0.2) is 41.8 Å². The van der Waals surface area contributed by atoms with Crippen molar-refractivity contribution in [3.63, 3.8) is 0 Å². The lowest BCUT2D eigenvalue weighted by Crippen LogP contribution is -1.98. The van der Waals surface area contributed by atoms with Crippen molar-refractivity contribution < 1.29 is 0 Å². The van der Waals surface area contributed by atoms with E-state index in [0.29, 0.717) is 0 Å². The smallest absolute Gasteiger partial charge is 0.0946 e. The van der Waals surface area contributed by atoms with Crippen LogP contribution in [-0.4, -0.2) is 15.3 Å². The van der Waals surface area contributed by atoms with Crippen LogP contribution in [0.1, 0.15) is 0 Å². The second kappa shape index (κ2) is 5.27. The Labute approximate surface area is 104 Å². The zero-order valence-corrected chi connectivity index (χ0v) is 10.2. The van der Waals surface area contributed by atoms with Gasteiger partial charge in [0.25, 0.3) is 0 Å². The van der Waals surface area contributed by atoms with Gasteiger partial charge in [0.05, 0.1) is 11.3 Å². The summed E-state index contributed by atoms with van der Waals surface area (Å²) >= 11 is 7.74. The Kier molecular flexibility index (Phi) is 3.74. The molecule has 5 heteroatoms. The number of nitrogens with zero attached hydrogens (tertiary/aromatic N) is 2. The Morgan fingerprint density at radius 3 is 3.00 bits per heavy atom. The minimum atomic E-state index is 0.718. The van der Waals surface area contributed by atoms with E-state index in [1.807, 2.05) is 29.0 Å². The molecule has 1 aromatic heterocycles. The largest absolute Gasteiger partial charge is 0.398 e. The standard InChI is InChI=1S/C11H12ClN3S/c12-9-2-1-3-10(13)11(9)16-7-6-15-5-4-14-8-15/h1-5,8H,6-7,13H2. The van der Waals surface area contributed by atoms with E-state index < -0.39 is 0 Å². The number of aromatic nitrogens is 2. The first-order chi connectivity index (χ1) is 7.77. The molecule has 0 radical (unpaired) electrons. The van der Waals surface area contributed by atoms with Crippen molar-refractivity contribution in [1.82, 2.24) is 9.55 Å².